The molecule has 0 aromatic carbocycles. The van der Waals surface area contributed by atoms with Crippen molar-refractivity contribution in [1.82, 2.24) is 0 Å². The molecule has 1 rings (SSSR count). The SMILES string of the molecule is COC1CSCC1CC(C)(C)C. The molecule has 0 aliphatic carbocycles. The largest absolute Gasteiger partial charge is 0.380 e. The van der Waals surface area contributed by atoms with E-state index in [2.05, 4.69) is 20.8 Å². The van der Waals surface area contributed by atoms with Crippen molar-refractivity contribution in [3.63, 3.8) is 0 Å². The fraction of sp³-hybridized carbons (Fsp3) is 1.00. The van der Waals surface area contributed by atoms with E-state index in [4.69, 9.17) is 4.74 Å². The number of thioether (sulfide) groups is 1. The Labute approximate surface area is 80.3 Å². The zero-order chi connectivity index (χ0) is 9.19. The van der Waals surface area contributed by atoms with Gasteiger partial charge in [0.2, 0.25) is 0 Å². The molecule has 1 fully saturated rings. The normalized spacial score (nSPS) is 31.0. The van der Waals surface area contributed by atoms with Crippen LogP contribution in [0, 0.1) is 11.3 Å². The highest BCUT2D eigenvalue weighted by atomic mass is 32.2. The standard InChI is InChI=1S/C10H20OS/c1-10(2,3)5-8-6-12-7-9(8)11-4/h8-9H,5-7H2,1-4H3. The van der Waals surface area contributed by atoms with Crippen LogP contribution in [0.4, 0.5) is 0 Å². The van der Waals surface area contributed by atoms with E-state index in [9.17, 15) is 0 Å². The highest BCUT2D eigenvalue weighted by Gasteiger charge is 2.30. The Bertz CT molecular complexity index is 139. The van der Waals surface area contributed by atoms with Crippen molar-refractivity contribution in [1.29, 1.82) is 0 Å². The van der Waals surface area contributed by atoms with E-state index in [0.717, 1.165) is 5.92 Å². The monoisotopic (exact) mass is 188 g/mol. The molecule has 0 amide bonds. The molecule has 0 N–H and O–H groups in total. The summed E-state index contributed by atoms with van der Waals surface area (Å²) in [5.41, 5.74) is 0.451. The Morgan fingerprint density at radius 3 is 2.50 bits per heavy atom. The van der Waals surface area contributed by atoms with Crippen LogP contribution in [-0.4, -0.2) is 24.7 Å². The van der Waals surface area contributed by atoms with Crippen molar-refractivity contribution in [3.05, 3.63) is 0 Å². The smallest absolute Gasteiger partial charge is 0.0697 e. The lowest BCUT2D eigenvalue weighted by atomic mass is 9.83. The van der Waals surface area contributed by atoms with E-state index in [0.29, 0.717) is 11.5 Å². The summed E-state index contributed by atoms with van der Waals surface area (Å²) in [5, 5.41) is 0. The average Bonchev–Trinajstić information content (AvgIpc) is 2.31. The molecule has 0 aromatic heterocycles. The summed E-state index contributed by atoms with van der Waals surface area (Å²) in [7, 11) is 1.84. The van der Waals surface area contributed by atoms with Crippen LogP contribution in [0.1, 0.15) is 27.2 Å². The van der Waals surface area contributed by atoms with Crippen LogP contribution in [-0.2, 0) is 4.74 Å². The first kappa shape index (κ1) is 10.4. The summed E-state index contributed by atoms with van der Waals surface area (Å²) in [6.45, 7) is 6.92. The maximum Gasteiger partial charge on any atom is 0.0697 e. The van der Waals surface area contributed by atoms with Gasteiger partial charge in [0.05, 0.1) is 6.10 Å². The molecule has 0 bridgehead atoms. The molecule has 12 heavy (non-hydrogen) atoms. The minimum absolute atomic E-state index is 0.451. The molecule has 2 atom stereocenters. The Balaban J connectivity index is 2.41. The number of ether oxygens (including phenoxy) is 1. The van der Waals surface area contributed by atoms with E-state index in [1.807, 2.05) is 18.9 Å². The third-order valence-corrected chi connectivity index (χ3v) is 3.55. The summed E-state index contributed by atoms with van der Waals surface area (Å²) in [4.78, 5) is 0. The lowest BCUT2D eigenvalue weighted by Gasteiger charge is -2.25. The minimum Gasteiger partial charge on any atom is -0.380 e. The highest BCUT2D eigenvalue weighted by Crippen LogP contribution is 2.35. The van der Waals surface area contributed by atoms with Gasteiger partial charge in [0, 0.05) is 12.9 Å². The summed E-state index contributed by atoms with van der Waals surface area (Å²) in [5.74, 6) is 3.26. The van der Waals surface area contributed by atoms with Crippen LogP contribution in [0.15, 0.2) is 0 Å². The van der Waals surface area contributed by atoms with Crippen molar-refractivity contribution in [2.75, 3.05) is 18.6 Å². The molecule has 2 unspecified atom stereocenters. The maximum atomic E-state index is 5.45. The van der Waals surface area contributed by atoms with Gasteiger partial charge in [-0.05, 0) is 23.5 Å². The molecule has 1 aliphatic rings. The quantitative estimate of drug-likeness (QED) is 0.659. The zero-order valence-electron chi connectivity index (χ0n) is 8.59. The van der Waals surface area contributed by atoms with Gasteiger partial charge in [-0.15, -0.1) is 0 Å². The van der Waals surface area contributed by atoms with Gasteiger partial charge in [-0.2, -0.15) is 11.8 Å². The fourth-order valence-corrected chi connectivity index (χ4v) is 3.23. The summed E-state index contributed by atoms with van der Waals surface area (Å²) in [6, 6.07) is 0. The summed E-state index contributed by atoms with van der Waals surface area (Å²) < 4.78 is 5.45. The van der Waals surface area contributed by atoms with Crippen molar-refractivity contribution >= 4 is 11.8 Å². The Morgan fingerprint density at radius 2 is 2.00 bits per heavy atom. The molecular formula is C10H20OS. The molecule has 2 heteroatoms. The topological polar surface area (TPSA) is 9.23 Å². The van der Waals surface area contributed by atoms with E-state index < -0.39 is 0 Å². The van der Waals surface area contributed by atoms with Gasteiger partial charge in [0.15, 0.2) is 0 Å². The van der Waals surface area contributed by atoms with Crippen LogP contribution in [0.25, 0.3) is 0 Å². The molecule has 0 spiro atoms. The van der Waals surface area contributed by atoms with Gasteiger partial charge in [-0.25, -0.2) is 0 Å². The van der Waals surface area contributed by atoms with Crippen LogP contribution in [0.3, 0.4) is 0 Å². The van der Waals surface area contributed by atoms with Crippen molar-refractivity contribution < 1.29 is 4.74 Å². The number of methoxy groups -OCH3 is 1. The molecule has 0 radical (unpaired) electrons. The third-order valence-electron chi connectivity index (χ3n) is 2.32. The predicted molar refractivity (Wildman–Crippen MR) is 55.7 cm³/mol. The Hall–Kier alpha value is 0.310. The fourth-order valence-electron chi connectivity index (χ4n) is 1.82. The molecule has 1 aliphatic heterocycles. The maximum absolute atomic E-state index is 5.45. The van der Waals surface area contributed by atoms with Gasteiger partial charge in [-0.3, -0.25) is 0 Å². The van der Waals surface area contributed by atoms with Gasteiger partial charge >= 0.3 is 0 Å². The third kappa shape index (κ3) is 2.98. The predicted octanol–water partition coefficient (Wildman–Crippen LogP) is 2.80. The lowest BCUT2D eigenvalue weighted by molar-refractivity contribution is 0.0680. The Kier molecular flexibility index (Phi) is 3.47. The molecule has 0 aromatic rings. The van der Waals surface area contributed by atoms with Crippen molar-refractivity contribution in [2.24, 2.45) is 11.3 Å². The van der Waals surface area contributed by atoms with Crippen molar-refractivity contribution in [3.8, 4) is 0 Å². The number of hydrogen-bond acceptors (Lipinski definition) is 2. The second-order valence-electron chi connectivity index (χ2n) is 4.84. The zero-order valence-corrected chi connectivity index (χ0v) is 9.41. The van der Waals surface area contributed by atoms with Gasteiger partial charge < -0.3 is 4.74 Å². The molecule has 1 heterocycles. The molecular weight excluding hydrogens is 168 g/mol. The molecule has 72 valence electrons. The highest BCUT2D eigenvalue weighted by molar-refractivity contribution is 7.99. The summed E-state index contributed by atoms with van der Waals surface area (Å²) in [6.07, 6.45) is 1.80. The van der Waals surface area contributed by atoms with Crippen LogP contribution in [0.2, 0.25) is 0 Å². The first-order valence-corrected chi connectivity index (χ1v) is 5.79. The number of rotatable bonds is 2. The number of hydrogen-bond donors (Lipinski definition) is 0. The second-order valence-corrected chi connectivity index (χ2v) is 5.91. The van der Waals surface area contributed by atoms with Crippen LogP contribution in [0.5, 0.6) is 0 Å². The second kappa shape index (κ2) is 4.01. The van der Waals surface area contributed by atoms with Crippen LogP contribution < -0.4 is 0 Å². The van der Waals surface area contributed by atoms with E-state index in [-0.39, 0.29) is 0 Å². The van der Waals surface area contributed by atoms with Gasteiger partial charge in [0.25, 0.3) is 0 Å². The van der Waals surface area contributed by atoms with Gasteiger partial charge in [-0.1, -0.05) is 20.8 Å². The van der Waals surface area contributed by atoms with E-state index in [1.165, 1.54) is 17.9 Å². The van der Waals surface area contributed by atoms with E-state index in [1.54, 1.807) is 0 Å². The Morgan fingerprint density at radius 1 is 1.33 bits per heavy atom. The van der Waals surface area contributed by atoms with Crippen molar-refractivity contribution in [2.45, 2.75) is 33.3 Å². The minimum atomic E-state index is 0.451. The van der Waals surface area contributed by atoms with Gasteiger partial charge in [0.1, 0.15) is 0 Å². The first-order chi connectivity index (χ1) is 5.53. The van der Waals surface area contributed by atoms with E-state index >= 15 is 0 Å². The molecule has 1 saturated heterocycles. The molecule has 1 nitrogen and oxygen atoms in total. The average molecular weight is 188 g/mol. The lowest BCUT2D eigenvalue weighted by Crippen LogP contribution is -2.25. The summed E-state index contributed by atoms with van der Waals surface area (Å²) >= 11 is 2.03. The molecule has 0 saturated carbocycles. The first-order valence-electron chi connectivity index (χ1n) is 4.63. The van der Waals surface area contributed by atoms with Crippen LogP contribution >= 0.6 is 11.8 Å².